The lowest BCUT2D eigenvalue weighted by molar-refractivity contribution is 1.30. The van der Waals surface area contributed by atoms with E-state index in [9.17, 15) is 0 Å². The molecule has 2 rings (SSSR count). The van der Waals surface area contributed by atoms with Crippen LogP contribution in [0.3, 0.4) is 0 Å². The summed E-state index contributed by atoms with van der Waals surface area (Å²) in [7, 11) is 0. The molecule has 0 fully saturated rings. The van der Waals surface area contributed by atoms with Crippen LogP contribution in [0.5, 0.6) is 0 Å². The number of fused-ring (bicyclic) bond motifs is 1. The molecular weight excluding hydrogens is 215 g/mol. The Labute approximate surface area is 83.5 Å². The average molecular weight is 219 g/mol. The number of hydrogen-bond acceptors (Lipinski definition) is 1. The molecule has 0 bridgehead atoms. The zero-order valence-electron chi connectivity index (χ0n) is 5.82. The summed E-state index contributed by atoms with van der Waals surface area (Å²) in [5.41, 5.74) is 1.63. The second-order valence-electron chi connectivity index (χ2n) is 2.36. The fraction of sp³-hybridized carbons (Fsp3) is 0. The SMILES string of the molecule is S=c1[nH]c2ccc(Cl)c(Cl)c2[nH]1. The summed E-state index contributed by atoms with van der Waals surface area (Å²) >= 11 is 16.6. The topological polar surface area (TPSA) is 31.6 Å². The van der Waals surface area contributed by atoms with Crippen LogP contribution < -0.4 is 0 Å². The van der Waals surface area contributed by atoms with Crippen molar-refractivity contribution in [3.05, 3.63) is 26.9 Å². The Bertz CT molecular complexity index is 486. The molecule has 12 heavy (non-hydrogen) atoms. The Morgan fingerprint density at radius 1 is 1.17 bits per heavy atom. The predicted molar refractivity (Wildman–Crippen MR) is 53.5 cm³/mol. The molecule has 5 heteroatoms. The molecule has 0 aliphatic rings. The van der Waals surface area contributed by atoms with Gasteiger partial charge in [-0.15, -0.1) is 0 Å². The van der Waals surface area contributed by atoms with Crippen LogP contribution in [0.15, 0.2) is 12.1 Å². The quantitative estimate of drug-likeness (QED) is 0.652. The van der Waals surface area contributed by atoms with Crippen LogP contribution in [0.2, 0.25) is 10.0 Å². The highest BCUT2D eigenvalue weighted by Crippen LogP contribution is 2.28. The molecule has 0 unspecified atom stereocenters. The van der Waals surface area contributed by atoms with Gasteiger partial charge in [0.25, 0.3) is 0 Å². The van der Waals surface area contributed by atoms with Crippen molar-refractivity contribution in [2.24, 2.45) is 0 Å². The average Bonchev–Trinajstić information content (AvgIpc) is 2.39. The first-order valence-corrected chi connectivity index (χ1v) is 4.41. The van der Waals surface area contributed by atoms with E-state index in [1.807, 2.05) is 6.07 Å². The summed E-state index contributed by atoms with van der Waals surface area (Å²) in [4.78, 5) is 5.85. The molecule has 62 valence electrons. The van der Waals surface area contributed by atoms with Crippen molar-refractivity contribution < 1.29 is 0 Å². The second kappa shape index (κ2) is 2.76. The van der Waals surface area contributed by atoms with Crippen LogP contribution in [0.4, 0.5) is 0 Å². The van der Waals surface area contributed by atoms with Crippen molar-refractivity contribution in [3.8, 4) is 0 Å². The smallest absolute Gasteiger partial charge is 0.175 e. The van der Waals surface area contributed by atoms with E-state index in [4.69, 9.17) is 35.4 Å². The minimum atomic E-state index is 0.501. The molecule has 2 nitrogen and oxygen atoms in total. The fourth-order valence-electron chi connectivity index (χ4n) is 1.04. The molecule has 0 radical (unpaired) electrons. The Hall–Kier alpha value is -0.510. The molecule has 0 spiro atoms. The molecule has 0 saturated carbocycles. The largest absolute Gasteiger partial charge is 0.331 e. The van der Waals surface area contributed by atoms with Gasteiger partial charge in [0, 0.05) is 0 Å². The van der Waals surface area contributed by atoms with Gasteiger partial charge in [-0.3, -0.25) is 0 Å². The Morgan fingerprint density at radius 3 is 2.67 bits per heavy atom. The van der Waals surface area contributed by atoms with E-state index in [-0.39, 0.29) is 0 Å². The predicted octanol–water partition coefficient (Wildman–Crippen LogP) is 3.53. The highest BCUT2D eigenvalue weighted by molar-refractivity contribution is 7.71. The number of benzene rings is 1. The van der Waals surface area contributed by atoms with Crippen LogP contribution in [-0.2, 0) is 0 Å². The van der Waals surface area contributed by atoms with Crippen molar-refractivity contribution in [1.29, 1.82) is 0 Å². The van der Waals surface area contributed by atoms with E-state index in [1.54, 1.807) is 6.07 Å². The van der Waals surface area contributed by atoms with Crippen molar-refractivity contribution in [2.75, 3.05) is 0 Å². The molecular formula is C7H4Cl2N2S. The minimum absolute atomic E-state index is 0.501. The van der Waals surface area contributed by atoms with Gasteiger partial charge in [-0.1, -0.05) is 23.2 Å². The normalized spacial score (nSPS) is 10.8. The third kappa shape index (κ3) is 1.14. The molecule has 0 saturated heterocycles. The first-order valence-electron chi connectivity index (χ1n) is 3.24. The standard InChI is InChI=1S/C7H4Cl2N2S/c8-3-1-2-4-6(5(3)9)11-7(12)10-4/h1-2H,(H2,10,11,12). The molecule has 2 aromatic rings. The molecule has 1 heterocycles. The summed E-state index contributed by atoms with van der Waals surface area (Å²) in [6.07, 6.45) is 0. The van der Waals surface area contributed by atoms with E-state index in [0.717, 1.165) is 11.0 Å². The second-order valence-corrected chi connectivity index (χ2v) is 3.56. The van der Waals surface area contributed by atoms with Gasteiger partial charge in [-0.2, -0.15) is 0 Å². The van der Waals surface area contributed by atoms with Crippen molar-refractivity contribution in [3.63, 3.8) is 0 Å². The summed E-state index contributed by atoms with van der Waals surface area (Å²) in [6, 6.07) is 3.56. The third-order valence-electron chi connectivity index (χ3n) is 1.58. The lowest BCUT2D eigenvalue weighted by atomic mass is 10.3. The molecule has 0 amide bonds. The maximum atomic E-state index is 5.91. The molecule has 1 aromatic heterocycles. The first kappa shape index (κ1) is 8.10. The van der Waals surface area contributed by atoms with E-state index in [0.29, 0.717) is 14.8 Å². The van der Waals surface area contributed by atoms with Gasteiger partial charge in [0.2, 0.25) is 0 Å². The fourth-order valence-corrected chi connectivity index (χ4v) is 1.63. The molecule has 0 aliphatic heterocycles. The molecule has 2 N–H and O–H groups in total. The maximum Gasteiger partial charge on any atom is 0.175 e. The van der Waals surface area contributed by atoms with E-state index in [2.05, 4.69) is 9.97 Å². The van der Waals surface area contributed by atoms with E-state index in [1.165, 1.54) is 0 Å². The first-order chi connectivity index (χ1) is 5.68. The number of halogens is 2. The number of hydrogen-bond donors (Lipinski definition) is 2. The van der Waals surface area contributed by atoms with Gasteiger partial charge < -0.3 is 9.97 Å². The van der Waals surface area contributed by atoms with Gasteiger partial charge in [0.1, 0.15) is 0 Å². The van der Waals surface area contributed by atoms with Crippen LogP contribution in [0.25, 0.3) is 11.0 Å². The number of nitrogens with one attached hydrogen (secondary N) is 2. The number of aromatic amines is 2. The Morgan fingerprint density at radius 2 is 1.92 bits per heavy atom. The van der Waals surface area contributed by atoms with Crippen LogP contribution in [0.1, 0.15) is 0 Å². The number of H-pyrrole nitrogens is 2. The van der Waals surface area contributed by atoms with Crippen molar-refractivity contribution in [2.45, 2.75) is 0 Å². The van der Waals surface area contributed by atoms with Gasteiger partial charge in [0.05, 0.1) is 21.1 Å². The molecule has 1 aromatic carbocycles. The Balaban J connectivity index is 2.99. The van der Waals surface area contributed by atoms with E-state index >= 15 is 0 Å². The maximum absolute atomic E-state index is 5.91. The minimum Gasteiger partial charge on any atom is -0.331 e. The van der Waals surface area contributed by atoms with Gasteiger partial charge in [-0.25, -0.2) is 0 Å². The van der Waals surface area contributed by atoms with Gasteiger partial charge in [0.15, 0.2) is 4.77 Å². The lowest BCUT2D eigenvalue weighted by Crippen LogP contribution is -1.72. The number of imidazole rings is 1. The van der Waals surface area contributed by atoms with E-state index < -0.39 is 0 Å². The van der Waals surface area contributed by atoms with Crippen LogP contribution >= 0.6 is 35.4 Å². The number of aromatic nitrogens is 2. The van der Waals surface area contributed by atoms with Crippen molar-refractivity contribution in [1.82, 2.24) is 9.97 Å². The zero-order valence-corrected chi connectivity index (χ0v) is 8.15. The van der Waals surface area contributed by atoms with Gasteiger partial charge in [-0.05, 0) is 24.4 Å². The number of rotatable bonds is 0. The van der Waals surface area contributed by atoms with Crippen molar-refractivity contribution >= 4 is 46.5 Å². The summed E-state index contributed by atoms with van der Waals surface area (Å²) < 4.78 is 0.550. The molecule has 0 atom stereocenters. The lowest BCUT2D eigenvalue weighted by Gasteiger charge is -1.94. The zero-order chi connectivity index (χ0) is 8.72. The third-order valence-corrected chi connectivity index (χ3v) is 2.59. The molecule has 0 aliphatic carbocycles. The summed E-state index contributed by atoms with van der Waals surface area (Å²) in [5, 5.41) is 1.02. The highest BCUT2D eigenvalue weighted by Gasteiger charge is 2.04. The monoisotopic (exact) mass is 218 g/mol. The van der Waals surface area contributed by atoms with Gasteiger partial charge >= 0.3 is 0 Å². The highest BCUT2D eigenvalue weighted by atomic mass is 35.5. The summed E-state index contributed by atoms with van der Waals surface area (Å²) in [6.45, 7) is 0. The summed E-state index contributed by atoms with van der Waals surface area (Å²) in [5.74, 6) is 0. The van der Waals surface area contributed by atoms with Crippen LogP contribution in [0, 0.1) is 4.77 Å². The van der Waals surface area contributed by atoms with Crippen LogP contribution in [-0.4, -0.2) is 9.97 Å². The Kier molecular flexibility index (Phi) is 1.87.